The van der Waals surface area contributed by atoms with Crippen molar-refractivity contribution in [3.05, 3.63) is 59.4 Å². The highest BCUT2D eigenvalue weighted by atomic mass is 32.2. The zero-order chi connectivity index (χ0) is 16.2. The van der Waals surface area contributed by atoms with Crippen LogP contribution in [0.3, 0.4) is 0 Å². The Bertz CT molecular complexity index is 829. The molecule has 22 heavy (non-hydrogen) atoms. The molecule has 2 aromatic rings. The molecule has 0 spiro atoms. The van der Waals surface area contributed by atoms with Gasteiger partial charge >= 0.3 is 0 Å². The fourth-order valence-corrected chi connectivity index (χ4v) is 2.61. The Morgan fingerprint density at radius 2 is 1.95 bits per heavy atom. The smallest absolute Gasteiger partial charge is 0.252 e. The van der Waals surface area contributed by atoms with E-state index in [4.69, 9.17) is 5.14 Å². The maximum Gasteiger partial charge on any atom is 0.252 e. The molecule has 0 aliphatic heterocycles. The Labute approximate surface area is 128 Å². The standard InChI is InChI=1S/C15H15N3O3S/c1-17-15(19)13-8-11(9-18-10-13)6-7-12-4-2-3-5-14(12)22(16,20)21/h2-10H,1H3,(H,17,19)(H2,16,20,21)/b7-6+. The van der Waals surface area contributed by atoms with E-state index in [9.17, 15) is 13.2 Å². The molecule has 0 atom stereocenters. The second-order valence-electron chi connectivity index (χ2n) is 4.50. The van der Waals surface area contributed by atoms with Crippen LogP contribution in [0.2, 0.25) is 0 Å². The molecule has 1 aromatic heterocycles. The number of nitrogens with two attached hydrogens (primary N) is 1. The number of carbonyl (C=O) groups is 1. The van der Waals surface area contributed by atoms with Crippen molar-refractivity contribution in [2.45, 2.75) is 4.90 Å². The summed E-state index contributed by atoms with van der Waals surface area (Å²) >= 11 is 0. The molecule has 2 rings (SSSR count). The Morgan fingerprint density at radius 1 is 1.23 bits per heavy atom. The average molecular weight is 317 g/mol. The van der Waals surface area contributed by atoms with Gasteiger partial charge in [-0.05, 0) is 23.3 Å². The van der Waals surface area contributed by atoms with E-state index >= 15 is 0 Å². The van der Waals surface area contributed by atoms with Gasteiger partial charge in [0.2, 0.25) is 10.0 Å². The highest BCUT2D eigenvalue weighted by molar-refractivity contribution is 7.89. The van der Waals surface area contributed by atoms with Gasteiger partial charge in [0.05, 0.1) is 10.5 Å². The van der Waals surface area contributed by atoms with Crippen LogP contribution in [0.5, 0.6) is 0 Å². The fourth-order valence-electron chi connectivity index (χ4n) is 1.88. The summed E-state index contributed by atoms with van der Waals surface area (Å²) in [4.78, 5) is 15.6. The molecule has 0 aliphatic rings. The third kappa shape index (κ3) is 3.78. The van der Waals surface area contributed by atoms with Crippen LogP contribution >= 0.6 is 0 Å². The number of hydrogen-bond acceptors (Lipinski definition) is 4. The molecule has 3 N–H and O–H groups in total. The van der Waals surface area contributed by atoms with Gasteiger partial charge in [-0.2, -0.15) is 0 Å². The van der Waals surface area contributed by atoms with E-state index in [-0.39, 0.29) is 10.8 Å². The highest BCUT2D eigenvalue weighted by Gasteiger charge is 2.11. The summed E-state index contributed by atoms with van der Waals surface area (Å²) < 4.78 is 23.1. The van der Waals surface area contributed by atoms with Crippen molar-refractivity contribution in [3.8, 4) is 0 Å². The van der Waals surface area contributed by atoms with Gasteiger partial charge in [-0.1, -0.05) is 30.4 Å². The molecule has 1 aromatic carbocycles. The monoisotopic (exact) mass is 317 g/mol. The van der Waals surface area contributed by atoms with E-state index in [1.165, 1.54) is 19.3 Å². The largest absolute Gasteiger partial charge is 0.355 e. The molecule has 6 nitrogen and oxygen atoms in total. The first-order valence-corrected chi connectivity index (χ1v) is 7.93. The van der Waals surface area contributed by atoms with Crippen LogP contribution in [0.25, 0.3) is 12.2 Å². The van der Waals surface area contributed by atoms with E-state index in [0.717, 1.165) is 0 Å². The molecule has 0 bridgehead atoms. The van der Waals surface area contributed by atoms with Gasteiger partial charge < -0.3 is 5.32 Å². The van der Waals surface area contributed by atoms with Crippen LogP contribution < -0.4 is 10.5 Å². The number of rotatable bonds is 4. The first-order valence-electron chi connectivity index (χ1n) is 6.39. The summed E-state index contributed by atoms with van der Waals surface area (Å²) in [6, 6.07) is 8.06. The number of amides is 1. The van der Waals surface area contributed by atoms with Crippen molar-refractivity contribution >= 4 is 28.1 Å². The van der Waals surface area contributed by atoms with Crippen LogP contribution in [-0.4, -0.2) is 26.4 Å². The minimum Gasteiger partial charge on any atom is -0.355 e. The minimum atomic E-state index is -3.79. The van der Waals surface area contributed by atoms with Crippen LogP contribution in [-0.2, 0) is 10.0 Å². The van der Waals surface area contributed by atoms with Crippen molar-refractivity contribution in [1.82, 2.24) is 10.3 Å². The molecule has 0 radical (unpaired) electrons. The Balaban J connectivity index is 2.36. The molecule has 1 amide bonds. The molecule has 0 unspecified atom stereocenters. The zero-order valence-electron chi connectivity index (χ0n) is 11.9. The van der Waals surface area contributed by atoms with E-state index < -0.39 is 10.0 Å². The van der Waals surface area contributed by atoms with Gasteiger partial charge in [0.15, 0.2) is 0 Å². The predicted octanol–water partition coefficient (Wildman–Crippen LogP) is 1.26. The maximum atomic E-state index is 11.6. The molecular weight excluding hydrogens is 302 g/mol. The van der Waals surface area contributed by atoms with Crippen molar-refractivity contribution < 1.29 is 13.2 Å². The third-order valence-electron chi connectivity index (χ3n) is 2.93. The Hall–Kier alpha value is -2.51. The van der Waals surface area contributed by atoms with Crippen LogP contribution in [0.15, 0.2) is 47.6 Å². The number of sulfonamides is 1. The number of benzene rings is 1. The lowest BCUT2D eigenvalue weighted by Gasteiger charge is -2.03. The number of hydrogen-bond donors (Lipinski definition) is 2. The van der Waals surface area contributed by atoms with Gasteiger partial charge in [0, 0.05) is 19.4 Å². The summed E-state index contributed by atoms with van der Waals surface area (Å²) in [5.41, 5.74) is 1.56. The normalized spacial score (nSPS) is 11.5. The molecule has 7 heteroatoms. The van der Waals surface area contributed by atoms with Crippen molar-refractivity contribution in [2.75, 3.05) is 7.05 Å². The van der Waals surface area contributed by atoms with Crippen LogP contribution in [0.4, 0.5) is 0 Å². The SMILES string of the molecule is CNC(=O)c1cncc(/C=C/c2ccccc2S(N)(=O)=O)c1. The molecule has 1 heterocycles. The summed E-state index contributed by atoms with van der Waals surface area (Å²) in [6.07, 6.45) is 6.31. The first kappa shape index (κ1) is 15.9. The zero-order valence-corrected chi connectivity index (χ0v) is 12.7. The summed E-state index contributed by atoms with van der Waals surface area (Å²) in [5, 5.41) is 7.69. The summed E-state index contributed by atoms with van der Waals surface area (Å²) in [5.74, 6) is -0.243. The van der Waals surface area contributed by atoms with Crippen LogP contribution in [0, 0.1) is 0 Å². The Morgan fingerprint density at radius 3 is 2.64 bits per heavy atom. The topological polar surface area (TPSA) is 102 Å². The molecule has 0 fully saturated rings. The van der Waals surface area contributed by atoms with Crippen molar-refractivity contribution in [3.63, 3.8) is 0 Å². The van der Waals surface area contributed by atoms with Gasteiger partial charge in [-0.3, -0.25) is 9.78 Å². The molecular formula is C15H15N3O3S. The highest BCUT2D eigenvalue weighted by Crippen LogP contribution is 2.17. The number of primary sulfonamides is 1. The second kappa shape index (κ2) is 6.50. The second-order valence-corrected chi connectivity index (χ2v) is 6.03. The third-order valence-corrected chi connectivity index (χ3v) is 3.91. The maximum absolute atomic E-state index is 11.6. The van der Waals surface area contributed by atoms with E-state index in [1.54, 1.807) is 42.6 Å². The molecule has 0 saturated heterocycles. The van der Waals surface area contributed by atoms with Gasteiger partial charge in [-0.25, -0.2) is 13.6 Å². The lowest BCUT2D eigenvalue weighted by Crippen LogP contribution is -2.17. The van der Waals surface area contributed by atoms with Gasteiger partial charge in [-0.15, -0.1) is 0 Å². The predicted molar refractivity (Wildman–Crippen MR) is 84.4 cm³/mol. The van der Waals surface area contributed by atoms with Gasteiger partial charge in [0.25, 0.3) is 5.91 Å². The number of carbonyl (C=O) groups excluding carboxylic acids is 1. The molecule has 0 saturated carbocycles. The van der Waals surface area contributed by atoms with Crippen molar-refractivity contribution in [1.29, 1.82) is 0 Å². The summed E-state index contributed by atoms with van der Waals surface area (Å²) in [6.45, 7) is 0. The fraction of sp³-hybridized carbons (Fsp3) is 0.0667. The van der Waals surface area contributed by atoms with Crippen LogP contribution in [0.1, 0.15) is 21.5 Å². The number of nitrogens with zero attached hydrogens (tertiary/aromatic N) is 1. The average Bonchev–Trinajstić information content (AvgIpc) is 2.52. The number of aromatic nitrogens is 1. The Kier molecular flexibility index (Phi) is 4.69. The lowest BCUT2D eigenvalue weighted by molar-refractivity contribution is 0.0962. The minimum absolute atomic E-state index is 0.0432. The lowest BCUT2D eigenvalue weighted by atomic mass is 10.1. The first-order chi connectivity index (χ1) is 10.4. The van der Waals surface area contributed by atoms with E-state index in [2.05, 4.69) is 10.3 Å². The molecule has 0 aliphatic carbocycles. The number of nitrogens with one attached hydrogen (secondary N) is 1. The van der Waals surface area contributed by atoms with E-state index in [0.29, 0.717) is 16.7 Å². The number of pyridine rings is 1. The van der Waals surface area contributed by atoms with Gasteiger partial charge in [0.1, 0.15) is 0 Å². The molecule has 114 valence electrons. The summed E-state index contributed by atoms with van der Waals surface area (Å²) in [7, 11) is -2.26. The quantitative estimate of drug-likeness (QED) is 0.886. The van der Waals surface area contributed by atoms with E-state index in [1.807, 2.05) is 0 Å². The van der Waals surface area contributed by atoms with Crippen molar-refractivity contribution in [2.24, 2.45) is 5.14 Å².